The van der Waals surface area contributed by atoms with Gasteiger partial charge in [0.05, 0.1) is 18.8 Å². The predicted molar refractivity (Wildman–Crippen MR) is 126 cm³/mol. The summed E-state index contributed by atoms with van der Waals surface area (Å²) in [5.41, 5.74) is 2.21. The highest BCUT2D eigenvalue weighted by atomic mass is 16.5. The summed E-state index contributed by atoms with van der Waals surface area (Å²) in [4.78, 5) is 15.2. The third kappa shape index (κ3) is 5.71. The van der Waals surface area contributed by atoms with Gasteiger partial charge in [-0.1, -0.05) is 44.2 Å². The van der Waals surface area contributed by atoms with Gasteiger partial charge in [0.2, 0.25) is 0 Å². The van der Waals surface area contributed by atoms with Gasteiger partial charge in [0.1, 0.15) is 0 Å². The number of carbonyl (C=O) groups excluding carboxylic acids is 1. The van der Waals surface area contributed by atoms with E-state index in [0.29, 0.717) is 19.3 Å². The van der Waals surface area contributed by atoms with Gasteiger partial charge in [-0.25, -0.2) is 4.79 Å². The molecule has 1 aromatic heterocycles. The molecule has 1 aliphatic carbocycles. The summed E-state index contributed by atoms with van der Waals surface area (Å²) in [7, 11) is 0. The van der Waals surface area contributed by atoms with Gasteiger partial charge in [-0.05, 0) is 62.0 Å². The quantitative estimate of drug-likeness (QED) is 0.632. The minimum absolute atomic E-state index is 0.00446. The van der Waals surface area contributed by atoms with Crippen LogP contribution in [0.4, 0.5) is 4.79 Å². The second kappa shape index (κ2) is 11.0. The molecule has 1 aromatic carbocycles. The molecule has 0 bridgehead atoms. The number of urea groups is 1. The van der Waals surface area contributed by atoms with E-state index in [1.807, 2.05) is 41.3 Å². The Labute approximate surface area is 192 Å². The summed E-state index contributed by atoms with van der Waals surface area (Å²) in [5.74, 6) is 1.80. The SMILES string of the molecule is CC(C)C1CCC(OC[C@H]2[C@@H](c3ccn[nH]3)CCCN2C(=O)NCc2ccccc2)CC1. The van der Waals surface area contributed by atoms with Crippen molar-refractivity contribution in [3.05, 3.63) is 53.9 Å². The largest absolute Gasteiger partial charge is 0.376 e. The van der Waals surface area contributed by atoms with Gasteiger partial charge >= 0.3 is 6.03 Å². The van der Waals surface area contributed by atoms with Crippen molar-refractivity contribution in [1.29, 1.82) is 0 Å². The Morgan fingerprint density at radius 3 is 2.62 bits per heavy atom. The Morgan fingerprint density at radius 1 is 1.16 bits per heavy atom. The van der Waals surface area contributed by atoms with E-state index in [9.17, 15) is 4.79 Å². The maximum Gasteiger partial charge on any atom is 0.318 e. The molecule has 0 radical (unpaired) electrons. The molecule has 174 valence electrons. The molecule has 1 saturated carbocycles. The van der Waals surface area contributed by atoms with Crippen LogP contribution in [-0.4, -0.2) is 46.4 Å². The first kappa shape index (κ1) is 22.8. The van der Waals surface area contributed by atoms with E-state index in [-0.39, 0.29) is 18.0 Å². The number of hydrogen-bond acceptors (Lipinski definition) is 3. The standard InChI is InChI=1S/C26H38N4O2/c1-19(2)21-10-12-22(13-11-21)32-18-25-23(24-14-15-28-29-24)9-6-16-30(25)26(31)27-17-20-7-4-3-5-8-20/h3-5,7-8,14-15,19,21-23,25H,6,9-13,16-18H2,1-2H3,(H,27,31)(H,28,29)/t21?,22?,23-,25+/m1/s1. The Morgan fingerprint density at radius 2 is 1.94 bits per heavy atom. The normalized spacial score (nSPS) is 26.3. The molecule has 6 heteroatoms. The van der Waals surface area contributed by atoms with Gasteiger partial charge < -0.3 is 15.0 Å². The van der Waals surface area contributed by atoms with E-state index >= 15 is 0 Å². The minimum Gasteiger partial charge on any atom is -0.376 e. The van der Waals surface area contributed by atoms with Crippen molar-refractivity contribution in [3.8, 4) is 0 Å². The van der Waals surface area contributed by atoms with Gasteiger partial charge in [0.15, 0.2) is 0 Å². The summed E-state index contributed by atoms with van der Waals surface area (Å²) < 4.78 is 6.47. The molecule has 2 amide bonds. The molecule has 1 aliphatic heterocycles. The van der Waals surface area contributed by atoms with Crippen molar-refractivity contribution in [3.63, 3.8) is 0 Å². The molecule has 2 atom stereocenters. The first-order chi connectivity index (χ1) is 15.6. The third-order valence-electron chi connectivity index (χ3n) is 7.41. The number of amides is 2. The van der Waals surface area contributed by atoms with Crippen LogP contribution < -0.4 is 5.32 Å². The van der Waals surface area contributed by atoms with Crippen LogP contribution in [0.5, 0.6) is 0 Å². The minimum atomic E-state index is -0.00446. The summed E-state index contributed by atoms with van der Waals surface area (Å²) in [6.45, 7) is 6.54. The first-order valence-corrected chi connectivity index (χ1v) is 12.3. The molecule has 2 fully saturated rings. The van der Waals surface area contributed by atoms with Crippen LogP contribution in [0, 0.1) is 11.8 Å². The zero-order valence-electron chi connectivity index (χ0n) is 19.5. The monoisotopic (exact) mass is 438 g/mol. The van der Waals surface area contributed by atoms with Crippen molar-refractivity contribution >= 4 is 6.03 Å². The van der Waals surface area contributed by atoms with Crippen LogP contribution in [0.1, 0.15) is 69.5 Å². The van der Waals surface area contributed by atoms with Crippen molar-refractivity contribution in [2.24, 2.45) is 11.8 Å². The van der Waals surface area contributed by atoms with Gasteiger partial charge in [-0.2, -0.15) is 5.10 Å². The van der Waals surface area contributed by atoms with Crippen molar-refractivity contribution in [1.82, 2.24) is 20.4 Å². The molecule has 0 unspecified atom stereocenters. The number of benzene rings is 1. The lowest BCUT2D eigenvalue weighted by molar-refractivity contribution is -0.0239. The lowest BCUT2D eigenvalue weighted by Crippen LogP contribution is -2.53. The number of likely N-dealkylation sites (tertiary alicyclic amines) is 1. The fraction of sp³-hybridized carbons (Fsp3) is 0.615. The number of carbonyl (C=O) groups is 1. The summed E-state index contributed by atoms with van der Waals surface area (Å²) in [5, 5.41) is 10.4. The van der Waals surface area contributed by atoms with Crippen molar-refractivity contribution in [2.75, 3.05) is 13.2 Å². The average molecular weight is 439 g/mol. The average Bonchev–Trinajstić information content (AvgIpc) is 3.37. The molecule has 2 aliphatic rings. The number of nitrogens with zero attached hydrogens (tertiary/aromatic N) is 2. The van der Waals surface area contributed by atoms with Gasteiger partial charge in [-0.15, -0.1) is 0 Å². The summed E-state index contributed by atoms with van der Waals surface area (Å²) >= 11 is 0. The fourth-order valence-electron chi connectivity index (χ4n) is 5.38. The second-order valence-corrected chi connectivity index (χ2v) is 9.78. The van der Waals surface area contributed by atoms with E-state index < -0.39 is 0 Å². The van der Waals surface area contributed by atoms with E-state index in [1.165, 1.54) is 12.8 Å². The van der Waals surface area contributed by atoms with E-state index in [0.717, 1.165) is 55.3 Å². The number of H-pyrrole nitrogens is 1. The Hall–Kier alpha value is -2.34. The number of piperidine rings is 1. The van der Waals surface area contributed by atoms with E-state index in [4.69, 9.17) is 4.74 Å². The number of hydrogen-bond donors (Lipinski definition) is 2. The highest BCUT2D eigenvalue weighted by Crippen LogP contribution is 2.34. The third-order valence-corrected chi connectivity index (χ3v) is 7.41. The van der Waals surface area contributed by atoms with Crippen LogP contribution in [0.3, 0.4) is 0 Å². The van der Waals surface area contributed by atoms with Gasteiger partial charge in [0.25, 0.3) is 0 Å². The second-order valence-electron chi connectivity index (χ2n) is 9.78. The molecule has 2 N–H and O–H groups in total. The van der Waals surface area contributed by atoms with Crippen molar-refractivity contribution in [2.45, 2.75) is 77.0 Å². The zero-order valence-corrected chi connectivity index (χ0v) is 19.5. The molecular weight excluding hydrogens is 400 g/mol. The number of rotatable bonds is 7. The highest BCUT2D eigenvalue weighted by molar-refractivity contribution is 5.74. The number of aromatic amines is 1. The lowest BCUT2D eigenvalue weighted by atomic mass is 9.80. The van der Waals surface area contributed by atoms with Crippen molar-refractivity contribution < 1.29 is 9.53 Å². The maximum atomic E-state index is 13.2. The lowest BCUT2D eigenvalue weighted by Gasteiger charge is -2.41. The van der Waals surface area contributed by atoms with Crippen LogP contribution in [0.15, 0.2) is 42.6 Å². The van der Waals surface area contributed by atoms with Gasteiger partial charge in [0, 0.05) is 30.9 Å². The summed E-state index contributed by atoms with van der Waals surface area (Å²) in [6.07, 6.45) is 8.89. The Kier molecular flexibility index (Phi) is 7.85. The molecule has 2 heterocycles. The highest BCUT2D eigenvalue weighted by Gasteiger charge is 2.37. The molecule has 0 spiro atoms. The topological polar surface area (TPSA) is 70.2 Å². The number of ether oxygens (including phenoxy) is 1. The van der Waals surface area contributed by atoms with E-state index in [1.54, 1.807) is 6.20 Å². The predicted octanol–water partition coefficient (Wildman–Crippen LogP) is 5.10. The first-order valence-electron chi connectivity index (χ1n) is 12.3. The molecule has 4 rings (SSSR count). The smallest absolute Gasteiger partial charge is 0.318 e. The Bertz CT molecular complexity index is 816. The Balaban J connectivity index is 1.40. The van der Waals surface area contributed by atoms with E-state index in [2.05, 4.69) is 29.4 Å². The summed E-state index contributed by atoms with van der Waals surface area (Å²) in [6, 6.07) is 12.1. The number of aromatic nitrogens is 2. The molecule has 1 saturated heterocycles. The zero-order chi connectivity index (χ0) is 22.3. The number of nitrogens with one attached hydrogen (secondary N) is 2. The molecule has 32 heavy (non-hydrogen) atoms. The van der Waals surface area contributed by atoms with Crippen LogP contribution in [0.2, 0.25) is 0 Å². The fourth-order valence-corrected chi connectivity index (χ4v) is 5.38. The molecule has 2 aromatic rings. The molecule has 6 nitrogen and oxygen atoms in total. The van der Waals surface area contributed by atoms with Crippen LogP contribution in [-0.2, 0) is 11.3 Å². The van der Waals surface area contributed by atoms with Gasteiger partial charge in [-0.3, -0.25) is 5.10 Å². The van der Waals surface area contributed by atoms with Crippen LogP contribution in [0.25, 0.3) is 0 Å². The maximum absolute atomic E-state index is 13.2. The van der Waals surface area contributed by atoms with Crippen LogP contribution >= 0.6 is 0 Å². The molecular formula is C26H38N4O2.